The summed E-state index contributed by atoms with van der Waals surface area (Å²) in [6.45, 7) is 1.68. The van der Waals surface area contributed by atoms with Gasteiger partial charge < -0.3 is 0 Å². The van der Waals surface area contributed by atoms with Gasteiger partial charge in [0, 0.05) is 5.75 Å². The summed E-state index contributed by atoms with van der Waals surface area (Å²) in [6.07, 6.45) is 5.02. The quantitative estimate of drug-likeness (QED) is 0.757. The Balaban J connectivity index is 2.05. The molecule has 0 radical (unpaired) electrons. The van der Waals surface area contributed by atoms with Crippen LogP contribution in [-0.4, -0.2) is 19.9 Å². The van der Waals surface area contributed by atoms with Gasteiger partial charge in [0.15, 0.2) is 0 Å². The summed E-state index contributed by atoms with van der Waals surface area (Å²) in [7, 11) is -2.92. The van der Waals surface area contributed by atoms with E-state index in [1.54, 1.807) is 6.92 Å². The van der Waals surface area contributed by atoms with Gasteiger partial charge in [-0.05, 0) is 37.5 Å². The Kier molecular flexibility index (Phi) is 3.00. The third-order valence-electron chi connectivity index (χ3n) is 4.50. The second-order valence-electron chi connectivity index (χ2n) is 5.33. The molecule has 0 amide bonds. The maximum atomic E-state index is 11.5. The summed E-state index contributed by atoms with van der Waals surface area (Å²) in [4.78, 5) is 0. The molecule has 0 saturated heterocycles. The van der Waals surface area contributed by atoms with Gasteiger partial charge in [0.05, 0.1) is 17.2 Å². The van der Waals surface area contributed by atoms with E-state index in [1.807, 2.05) is 0 Å². The number of hydrogen-bond acceptors (Lipinski definition) is 3. The summed E-state index contributed by atoms with van der Waals surface area (Å²) < 4.78 is 23.0. The van der Waals surface area contributed by atoms with Crippen LogP contribution < -0.4 is 0 Å². The molecule has 0 N–H and O–H groups in total. The Hall–Kier alpha value is -0.560. The first kappa shape index (κ1) is 11.9. The molecule has 0 aromatic carbocycles. The molecule has 4 heteroatoms. The van der Waals surface area contributed by atoms with Crippen molar-refractivity contribution in [3.8, 4) is 6.07 Å². The fraction of sp³-hybridized carbons (Fsp3) is 0.917. The minimum absolute atomic E-state index is 0.195. The van der Waals surface area contributed by atoms with Crippen molar-refractivity contribution >= 4 is 9.84 Å². The molecule has 2 aliphatic carbocycles. The zero-order valence-electron chi connectivity index (χ0n) is 9.78. The molecule has 0 aromatic rings. The average molecular weight is 241 g/mol. The van der Waals surface area contributed by atoms with E-state index in [1.165, 1.54) is 6.42 Å². The topological polar surface area (TPSA) is 57.9 Å². The maximum Gasteiger partial charge on any atom is 0.150 e. The highest BCUT2D eigenvalue weighted by Gasteiger charge is 2.51. The predicted molar refractivity (Wildman–Crippen MR) is 62.4 cm³/mol. The van der Waals surface area contributed by atoms with Crippen molar-refractivity contribution in [1.82, 2.24) is 0 Å². The van der Waals surface area contributed by atoms with E-state index in [2.05, 4.69) is 6.07 Å². The molecule has 2 fully saturated rings. The number of nitrogens with zero attached hydrogens (tertiary/aromatic N) is 1. The first-order chi connectivity index (χ1) is 7.51. The second-order valence-corrected chi connectivity index (χ2v) is 7.81. The molecule has 3 unspecified atom stereocenters. The Morgan fingerprint density at radius 1 is 1.44 bits per heavy atom. The average Bonchev–Trinajstić information content (AvgIpc) is 2.87. The lowest BCUT2D eigenvalue weighted by Crippen LogP contribution is -2.29. The number of fused-ring (bicyclic) bond motifs is 2. The van der Waals surface area contributed by atoms with Crippen molar-refractivity contribution in [2.45, 2.75) is 39.0 Å². The van der Waals surface area contributed by atoms with E-state index < -0.39 is 9.84 Å². The Bertz CT molecular complexity index is 409. The van der Waals surface area contributed by atoms with E-state index in [0.29, 0.717) is 18.3 Å². The molecule has 0 heterocycles. The van der Waals surface area contributed by atoms with Gasteiger partial charge in [-0.2, -0.15) is 5.26 Å². The van der Waals surface area contributed by atoms with Crippen LogP contribution in [0.25, 0.3) is 0 Å². The molecule has 16 heavy (non-hydrogen) atoms. The van der Waals surface area contributed by atoms with Crippen molar-refractivity contribution in [3.05, 3.63) is 0 Å². The SMILES string of the molecule is CCS(=O)(=O)CCC1(C#N)CC2CCC1C2. The largest absolute Gasteiger partial charge is 0.229 e. The van der Waals surface area contributed by atoms with Crippen molar-refractivity contribution in [2.24, 2.45) is 17.3 Å². The number of nitriles is 1. The van der Waals surface area contributed by atoms with Crippen molar-refractivity contribution < 1.29 is 8.42 Å². The minimum Gasteiger partial charge on any atom is -0.229 e. The van der Waals surface area contributed by atoms with Crippen molar-refractivity contribution in [3.63, 3.8) is 0 Å². The molecular weight excluding hydrogens is 222 g/mol. The monoisotopic (exact) mass is 241 g/mol. The lowest BCUT2D eigenvalue weighted by atomic mass is 9.72. The summed E-state index contributed by atoms with van der Waals surface area (Å²) in [6, 6.07) is 2.44. The van der Waals surface area contributed by atoms with Gasteiger partial charge in [0.25, 0.3) is 0 Å². The molecule has 0 spiro atoms. The first-order valence-corrected chi connectivity index (χ1v) is 7.95. The number of hydrogen-bond donors (Lipinski definition) is 0. The molecule has 2 saturated carbocycles. The van der Waals surface area contributed by atoms with Crippen LogP contribution in [0.1, 0.15) is 39.0 Å². The molecule has 90 valence electrons. The predicted octanol–water partition coefficient (Wildman–Crippen LogP) is 2.14. The zero-order valence-corrected chi connectivity index (χ0v) is 10.6. The third kappa shape index (κ3) is 1.98. The number of rotatable bonds is 4. The van der Waals surface area contributed by atoms with Crippen molar-refractivity contribution in [1.29, 1.82) is 5.26 Å². The van der Waals surface area contributed by atoms with Crippen LogP contribution in [0.4, 0.5) is 0 Å². The van der Waals surface area contributed by atoms with Gasteiger partial charge in [-0.3, -0.25) is 0 Å². The van der Waals surface area contributed by atoms with E-state index in [9.17, 15) is 13.7 Å². The van der Waals surface area contributed by atoms with Gasteiger partial charge in [-0.25, -0.2) is 8.42 Å². The summed E-state index contributed by atoms with van der Waals surface area (Å²) in [5.74, 6) is 1.55. The normalized spacial score (nSPS) is 37.5. The molecule has 0 aliphatic heterocycles. The zero-order chi connectivity index (χ0) is 11.8. The molecule has 3 nitrogen and oxygen atoms in total. The van der Waals surface area contributed by atoms with Crippen LogP contribution in [0.5, 0.6) is 0 Å². The van der Waals surface area contributed by atoms with E-state index >= 15 is 0 Å². The van der Waals surface area contributed by atoms with Crippen LogP contribution in [0.3, 0.4) is 0 Å². The van der Waals surface area contributed by atoms with Crippen LogP contribution in [-0.2, 0) is 9.84 Å². The summed E-state index contributed by atoms with van der Waals surface area (Å²) in [5.41, 5.74) is -0.314. The number of sulfone groups is 1. The van der Waals surface area contributed by atoms with Gasteiger partial charge in [0.1, 0.15) is 9.84 Å². The smallest absolute Gasteiger partial charge is 0.150 e. The van der Waals surface area contributed by atoms with E-state index in [-0.39, 0.29) is 16.9 Å². The molecule has 2 bridgehead atoms. The van der Waals surface area contributed by atoms with Crippen LogP contribution in [0, 0.1) is 28.6 Å². The highest BCUT2D eigenvalue weighted by atomic mass is 32.2. The fourth-order valence-electron chi connectivity index (χ4n) is 3.43. The highest BCUT2D eigenvalue weighted by Crippen LogP contribution is 2.57. The lowest BCUT2D eigenvalue weighted by molar-refractivity contribution is 0.233. The van der Waals surface area contributed by atoms with E-state index in [0.717, 1.165) is 19.3 Å². The molecule has 2 aliphatic rings. The second kappa shape index (κ2) is 4.03. The minimum atomic E-state index is -2.92. The Labute approximate surface area is 97.8 Å². The van der Waals surface area contributed by atoms with Gasteiger partial charge in [-0.15, -0.1) is 0 Å². The van der Waals surface area contributed by atoms with Gasteiger partial charge >= 0.3 is 0 Å². The molecule has 3 atom stereocenters. The fourth-order valence-corrected chi connectivity index (χ4v) is 4.39. The van der Waals surface area contributed by atoms with Crippen molar-refractivity contribution in [2.75, 3.05) is 11.5 Å². The lowest BCUT2D eigenvalue weighted by Gasteiger charge is -2.30. The van der Waals surface area contributed by atoms with Crippen LogP contribution in [0.15, 0.2) is 0 Å². The molecule has 2 rings (SSSR count). The Morgan fingerprint density at radius 3 is 2.62 bits per heavy atom. The highest BCUT2D eigenvalue weighted by molar-refractivity contribution is 7.91. The summed E-state index contributed by atoms with van der Waals surface area (Å²) >= 11 is 0. The molecule has 0 aromatic heterocycles. The van der Waals surface area contributed by atoms with Gasteiger partial charge in [0.2, 0.25) is 0 Å². The van der Waals surface area contributed by atoms with Crippen LogP contribution >= 0.6 is 0 Å². The Morgan fingerprint density at radius 2 is 2.19 bits per heavy atom. The summed E-state index contributed by atoms with van der Waals surface area (Å²) in [5, 5.41) is 9.36. The molecular formula is C12H19NO2S. The third-order valence-corrected chi connectivity index (χ3v) is 6.20. The van der Waals surface area contributed by atoms with Gasteiger partial charge in [-0.1, -0.05) is 13.3 Å². The first-order valence-electron chi connectivity index (χ1n) is 6.13. The standard InChI is InChI=1S/C12H19NO2S/c1-2-16(14,15)6-5-12(9-13)8-10-3-4-11(12)7-10/h10-11H,2-8H2,1H3. The maximum absolute atomic E-state index is 11.5. The van der Waals surface area contributed by atoms with Crippen LogP contribution in [0.2, 0.25) is 0 Å². The van der Waals surface area contributed by atoms with E-state index in [4.69, 9.17) is 0 Å².